The minimum atomic E-state index is 0.507. The molecule has 0 radical (unpaired) electrons. The number of thiophene rings is 1. The average Bonchev–Trinajstić information content (AvgIpc) is 2.96. The van der Waals surface area contributed by atoms with Crippen LogP contribution in [0, 0.1) is 11.3 Å². The van der Waals surface area contributed by atoms with Crippen molar-refractivity contribution in [2.75, 3.05) is 11.1 Å². The molecule has 0 fully saturated rings. The molecular weight excluding hydrogens is 384 g/mol. The van der Waals surface area contributed by atoms with Gasteiger partial charge in [0.05, 0.1) is 26.2 Å². The molecule has 0 saturated heterocycles. The monoisotopic (exact) mass is 394 g/mol. The van der Waals surface area contributed by atoms with Gasteiger partial charge in [-0.25, -0.2) is 0 Å². The maximum Gasteiger partial charge on any atom is 0.103 e. The van der Waals surface area contributed by atoms with Gasteiger partial charge >= 0.3 is 0 Å². The Morgan fingerprint density at radius 2 is 2.00 bits per heavy atom. The maximum absolute atomic E-state index is 9.48. The van der Waals surface area contributed by atoms with E-state index in [-0.39, 0.29) is 0 Å². The Labute approximate surface area is 150 Å². The number of pyridine rings is 1. The number of nitrogen functional groups attached to an aromatic ring is 1. The number of halogens is 1. The highest BCUT2D eigenvalue weighted by Gasteiger charge is 2.15. The summed E-state index contributed by atoms with van der Waals surface area (Å²) in [6.07, 6.45) is 1.61. The lowest BCUT2D eigenvalue weighted by Crippen LogP contribution is -1.95. The first-order valence-electron chi connectivity index (χ1n) is 7.20. The van der Waals surface area contributed by atoms with E-state index in [4.69, 9.17) is 5.73 Å². The van der Waals surface area contributed by atoms with Crippen molar-refractivity contribution in [1.82, 2.24) is 4.98 Å². The smallest absolute Gasteiger partial charge is 0.103 e. The minimum absolute atomic E-state index is 0.507. The van der Waals surface area contributed by atoms with Gasteiger partial charge in [0, 0.05) is 27.4 Å². The van der Waals surface area contributed by atoms with Gasteiger partial charge < -0.3 is 11.1 Å². The molecule has 4 rings (SSSR count). The molecule has 0 saturated carbocycles. The Kier molecular flexibility index (Phi) is 3.60. The summed E-state index contributed by atoms with van der Waals surface area (Å²) in [7, 11) is 0. The van der Waals surface area contributed by atoms with Gasteiger partial charge in [0.15, 0.2) is 0 Å². The highest BCUT2D eigenvalue weighted by molar-refractivity contribution is 9.10. The second kappa shape index (κ2) is 5.78. The normalized spacial score (nSPS) is 10.8. The SMILES string of the molecule is N#Cc1cnc2c(sc3c(N)cccc32)c1Nc1cccc(Br)c1. The predicted molar refractivity (Wildman–Crippen MR) is 104 cm³/mol. The Morgan fingerprint density at radius 3 is 2.79 bits per heavy atom. The molecule has 0 aliphatic heterocycles. The van der Waals surface area contributed by atoms with Crippen molar-refractivity contribution in [3.8, 4) is 6.07 Å². The Balaban J connectivity index is 2.00. The van der Waals surface area contributed by atoms with E-state index in [0.717, 1.165) is 41.8 Å². The summed E-state index contributed by atoms with van der Waals surface area (Å²) in [6.45, 7) is 0. The third kappa shape index (κ3) is 2.39. The number of benzene rings is 2. The third-order valence-corrected chi connectivity index (χ3v) is 5.51. The van der Waals surface area contributed by atoms with Crippen LogP contribution in [0.4, 0.5) is 17.1 Å². The van der Waals surface area contributed by atoms with Crippen molar-refractivity contribution in [1.29, 1.82) is 5.26 Å². The number of nitriles is 1. The number of hydrogen-bond acceptors (Lipinski definition) is 5. The third-order valence-electron chi connectivity index (χ3n) is 3.75. The van der Waals surface area contributed by atoms with Gasteiger partial charge in [-0.15, -0.1) is 11.3 Å². The molecule has 0 bridgehead atoms. The highest BCUT2D eigenvalue weighted by atomic mass is 79.9. The van der Waals surface area contributed by atoms with Gasteiger partial charge in [-0.05, 0) is 24.3 Å². The van der Waals surface area contributed by atoms with Gasteiger partial charge in [0.1, 0.15) is 6.07 Å². The molecule has 6 heteroatoms. The van der Waals surface area contributed by atoms with Crippen LogP contribution in [0.1, 0.15) is 5.56 Å². The van der Waals surface area contributed by atoms with Gasteiger partial charge in [0.25, 0.3) is 0 Å². The topological polar surface area (TPSA) is 74.7 Å². The highest BCUT2D eigenvalue weighted by Crippen LogP contribution is 2.41. The zero-order chi connectivity index (χ0) is 16.7. The molecule has 4 nitrogen and oxygen atoms in total. The fourth-order valence-electron chi connectivity index (χ4n) is 2.66. The molecule has 0 atom stereocenters. The molecular formula is C18H11BrN4S. The predicted octanol–water partition coefficient (Wildman–Crippen LogP) is 5.41. The molecule has 2 aromatic carbocycles. The van der Waals surface area contributed by atoms with Crippen LogP contribution in [-0.4, -0.2) is 4.98 Å². The van der Waals surface area contributed by atoms with Crippen LogP contribution < -0.4 is 11.1 Å². The number of aromatic nitrogens is 1. The standard InChI is InChI=1S/C18H11BrN4S/c19-11-3-1-4-12(7-11)23-15-10(8-20)9-22-16-13-5-2-6-14(21)17(13)24-18(15)16/h1-7,9H,21H2,(H,22,23). The maximum atomic E-state index is 9.48. The lowest BCUT2D eigenvalue weighted by Gasteiger charge is -2.09. The summed E-state index contributed by atoms with van der Waals surface area (Å²) in [6, 6.07) is 15.9. The van der Waals surface area contributed by atoms with Crippen LogP contribution in [0.5, 0.6) is 0 Å². The number of hydrogen-bond donors (Lipinski definition) is 2. The summed E-state index contributed by atoms with van der Waals surface area (Å²) in [4.78, 5) is 4.48. The fraction of sp³-hybridized carbons (Fsp3) is 0. The number of anilines is 3. The largest absolute Gasteiger partial charge is 0.398 e. The second-order valence-electron chi connectivity index (χ2n) is 5.30. The summed E-state index contributed by atoms with van der Waals surface area (Å²) in [5, 5.41) is 13.9. The van der Waals surface area contributed by atoms with E-state index >= 15 is 0 Å². The minimum Gasteiger partial charge on any atom is -0.398 e. The first kappa shape index (κ1) is 14.9. The van der Waals surface area contributed by atoms with Gasteiger partial charge in [0.2, 0.25) is 0 Å². The van der Waals surface area contributed by atoms with E-state index in [1.807, 2.05) is 42.5 Å². The molecule has 3 N–H and O–H groups in total. The molecule has 2 heterocycles. The first-order chi connectivity index (χ1) is 11.7. The first-order valence-corrected chi connectivity index (χ1v) is 8.80. The summed E-state index contributed by atoms with van der Waals surface area (Å²) in [5.74, 6) is 0. The fourth-order valence-corrected chi connectivity index (χ4v) is 4.25. The molecule has 24 heavy (non-hydrogen) atoms. The van der Waals surface area contributed by atoms with Crippen LogP contribution in [0.2, 0.25) is 0 Å². The molecule has 0 spiro atoms. The van der Waals surface area contributed by atoms with E-state index in [1.54, 1.807) is 17.5 Å². The Bertz CT molecular complexity index is 1130. The number of nitrogens with one attached hydrogen (secondary N) is 1. The van der Waals surface area contributed by atoms with E-state index in [0.29, 0.717) is 5.56 Å². The molecule has 0 amide bonds. The van der Waals surface area contributed by atoms with E-state index in [2.05, 4.69) is 32.3 Å². The van der Waals surface area contributed by atoms with Gasteiger partial charge in [-0.2, -0.15) is 5.26 Å². The Morgan fingerprint density at radius 1 is 1.17 bits per heavy atom. The second-order valence-corrected chi connectivity index (χ2v) is 7.23. The van der Waals surface area contributed by atoms with Crippen LogP contribution in [0.15, 0.2) is 53.1 Å². The lowest BCUT2D eigenvalue weighted by atomic mass is 10.1. The molecule has 0 aliphatic carbocycles. The van der Waals surface area contributed by atoms with Crippen LogP contribution >= 0.6 is 27.3 Å². The van der Waals surface area contributed by atoms with Crippen molar-refractivity contribution in [2.45, 2.75) is 0 Å². The average molecular weight is 395 g/mol. The zero-order valence-corrected chi connectivity index (χ0v) is 14.8. The molecule has 2 aromatic heterocycles. The van der Waals surface area contributed by atoms with Crippen LogP contribution in [0.3, 0.4) is 0 Å². The number of rotatable bonds is 2. The summed E-state index contributed by atoms with van der Waals surface area (Å²) in [5.41, 5.74) is 9.86. The zero-order valence-electron chi connectivity index (χ0n) is 12.4. The van der Waals surface area contributed by atoms with Crippen molar-refractivity contribution in [2.24, 2.45) is 0 Å². The van der Waals surface area contributed by atoms with Crippen molar-refractivity contribution in [3.63, 3.8) is 0 Å². The van der Waals surface area contributed by atoms with Crippen molar-refractivity contribution < 1.29 is 0 Å². The summed E-state index contributed by atoms with van der Waals surface area (Å²) >= 11 is 5.02. The Hall–Kier alpha value is -2.62. The number of fused-ring (bicyclic) bond motifs is 3. The number of nitrogens with zero attached hydrogens (tertiary/aromatic N) is 2. The van der Waals surface area contributed by atoms with Crippen molar-refractivity contribution >= 4 is 64.6 Å². The molecule has 0 aliphatic rings. The van der Waals surface area contributed by atoms with E-state index in [1.165, 1.54) is 0 Å². The van der Waals surface area contributed by atoms with Crippen LogP contribution in [0.25, 0.3) is 20.3 Å². The van der Waals surface area contributed by atoms with Crippen molar-refractivity contribution in [3.05, 3.63) is 58.7 Å². The van der Waals surface area contributed by atoms with Crippen LogP contribution in [-0.2, 0) is 0 Å². The molecule has 116 valence electrons. The van der Waals surface area contributed by atoms with E-state index in [9.17, 15) is 5.26 Å². The van der Waals surface area contributed by atoms with Gasteiger partial charge in [-0.3, -0.25) is 4.98 Å². The number of nitrogens with two attached hydrogens (primary N) is 1. The quantitative estimate of drug-likeness (QED) is 0.445. The lowest BCUT2D eigenvalue weighted by molar-refractivity contribution is 1.38. The van der Waals surface area contributed by atoms with E-state index < -0.39 is 0 Å². The molecule has 0 unspecified atom stereocenters. The van der Waals surface area contributed by atoms with Gasteiger partial charge in [-0.1, -0.05) is 34.1 Å². The molecule has 4 aromatic rings. The summed E-state index contributed by atoms with van der Waals surface area (Å²) < 4.78 is 2.89.